The Bertz CT molecular complexity index is 1040. The number of aromatic amines is 1. The highest BCUT2D eigenvalue weighted by Gasteiger charge is 2.17. The van der Waals surface area contributed by atoms with E-state index >= 15 is 0 Å². The zero-order valence-corrected chi connectivity index (χ0v) is 17.1. The number of unbranched alkanes of at least 4 members (excludes halogenated alkanes) is 3. The lowest BCUT2D eigenvalue weighted by atomic mass is 10.2. The number of aryl methyl sites for hydroxylation is 1. The van der Waals surface area contributed by atoms with Gasteiger partial charge in [0.25, 0.3) is 5.56 Å². The number of hydrogen-bond donors (Lipinski definition) is 1. The van der Waals surface area contributed by atoms with Gasteiger partial charge in [0.05, 0.1) is 6.54 Å². The van der Waals surface area contributed by atoms with Crippen molar-refractivity contribution in [2.24, 2.45) is 7.05 Å². The Morgan fingerprint density at radius 2 is 1.89 bits per heavy atom. The number of fused-ring (bicyclic) bond motifs is 1. The van der Waals surface area contributed by atoms with E-state index in [1.807, 2.05) is 28.8 Å². The first kappa shape index (κ1) is 19.8. The van der Waals surface area contributed by atoms with Crippen molar-refractivity contribution in [2.45, 2.75) is 44.3 Å². The highest BCUT2D eigenvalue weighted by molar-refractivity contribution is 7.99. The summed E-state index contributed by atoms with van der Waals surface area (Å²) < 4.78 is 3.28. The van der Waals surface area contributed by atoms with Crippen molar-refractivity contribution in [3.63, 3.8) is 0 Å². The molecule has 0 aliphatic carbocycles. The fourth-order valence-corrected chi connectivity index (χ4v) is 4.06. The number of halogens is 1. The van der Waals surface area contributed by atoms with Crippen molar-refractivity contribution in [1.82, 2.24) is 19.1 Å². The number of H-pyrrole nitrogens is 1. The van der Waals surface area contributed by atoms with E-state index in [-0.39, 0.29) is 0 Å². The van der Waals surface area contributed by atoms with Crippen molar-refractivity contribution in [2.75, 3.05) is 5.75 Å². The number of aromatic nitrogens is 4. The number of hydrogen-bond acceptors (Lipinski definition) is 4. The Balaban J connectivity index is 2.00. The van der Waals surface area contributed by atoms with Gasteiger partial charge in [0.1, 0.15) is 0 Å². The fraction of sp³-hybridized carbons (Fsp3) is 0.421. The second-order valence-corrected chi connectivity index (χ2v) is 8.01. The molecule has 0 bridgehead atoms. The maximum Gasteiger partial charge on any atom is 0.329 e. The van der Waals surface area contributed by atoms with Crippen LogP contribution in [0.3, 0.4) is 0 Å². The van der Waals surface area contributed by atoms with Gasteiger partial charge in [-0.15, -0.1) is 0 Å². The lowest BCUT2D eigenvalue weighted by Gasteiger charge is -2.09. The molecule has 0 aliphatic heterocycles. The molecule has 2 heterocycles. The number of nitrogens with zero attached hydrogens (tertiary/aromatic N) is 3. The normalized spacial score (nSPS) is 11.4. The van der Waals surface area contributed by atoms with E-state index in [2.05, 4.69) is 16.9 Å². The lowest BCUT2D eigenvalue weighted by molar-refractivity contribution is 0.701. The Morgan fingerprint density at radius 3 is 2.59 bits per heavy atom. The van der Waals surface area contributed by atoms with Crippen molar-refractivity contribution < 1.29 is 0 Å². The maximum absolute atomic E-state index is 12.5. The molecule has 0 aliphatic rings. The summed E-state index contributed by atoms with van der Waals surface area (Å²) in [6, 6.07) is 7.52. The van der Waals surface area contributed by atoms with E-state index in [1.165, 1.54) is 23.8 Å². The van der Waals surface area contributed by atoms with Crippen LogP contribution in [0.1, 0.15) is 38.2 Å². The van der Waals surface area contributed by atoms with Crippen LogP contribution >= 0.6 is 23.4 Å². The van der Waals surface area contributed by atoms with Crippen molar-refractivity contribution in [1.29, 1.82) is 0 Å². The lowest BCUT2D eigenvalue weighted by Crippen LogP contribution is -2.29. The molecule has 0 unspecified atom stereocenters. The first-order chi connectivity index (χ1) is 13.0. The number of benzene rings is 1. The van der Waals surface area contributed by atoms with Crippen LogP contribution in [0, 0.1) is 0 Å². The summed E-state index contributed by atoms with van der Waals surface area (Å²) in [5.41, 5.74) is 0.979. The molecule has 0 spiro atoms. The molecule has 0 saturated heterocycles. The molecular formula is C19H23ClN4O2S. The SMILES string of the molecule is CCCCCCSc1nc2c(c(=O)[nH]c(=O)n2C)n1Cc1ccc(Cl)cc1. The van der Waals surface area contributed by atoms with Gasteiger partial charge in [0.15, 0.2) is 16.3 Å². The van der Waals surface area contributed by atoms with E-state index in [1.54, 1.807) is 18.8 Å². The standard InChI is InChI=1S/C19H23ClN4O2S/c1-3-4-5-6-11-27-19-21-16-15(17(25)22-18(26)23(16)2)24(19)12-13-7-9-14(20)10-8-13/h7-10H,3-6,11-12H2,1-2H3,(H,22,25,26). The molecule has 8 heteroatoms. The number of imidazole rings is 1. The summed E-state index contributed by atoms with van der Waals surface area (Å²) in [5.74, 6) is 0.926. The topological polar surface area (TPSA) is 72.7 Å². The molecule has 0 radical (unpaired) electrons. The minimum Gasteiger partial charge on any atom is -0.309 e. The highest BCUT2D eigenvalue weighted by Crippen LogP contribution is 2.24. The van der Waals surface area contributed by atoms with Gasteiger partial charge in [-0.25, -0.2) is 9.78 Å². The summed E-state index contributed by atoms with van der Waals surface area (Å²) >= 11 is 7.60. The van der Waals surface area contributed by atoms with Gasteiger partial charge >= 0.3 is 5.69 Å². The zero-order chi connectivity index (χ0) is 19.4. The predicted molar refractivity (Wildman–Crippen MR) is 111 cm³/mol. The van der Waals surface area contributed by atoms with Crippen molar-refractivity contribution in [3.8, 4) is 0 Å². The highest BCUT2D eigenvalue weighted by atomic mass is 35.5. The minimum absolute atomic E-state index is 0.410. The molecule has 3 aromatic rings. The molecule has 27 heavy (non-hydrogen) atoms. The Kier molecular flexibility index (Phi) is 6.44. The van der Waals surface area contributed by atoms with Gasteiger partial charge in [-0.2, -0.15) is 0 Å². The smallest absolute Gasteiger partial charge is 0.309 e. The first-order valence-corrected chi connectivity index (χ1v) is 10.4. The molecule has 0 atom stereocenters. The van der Waals surface area contributed by atoms with Crippen LogP contribution in [-0.4, -0.2) is 24.9 Å². The molecule has 1 aromatic carbocycles. The second kappa shape index (κ2) is 8.80. The average Bonchev–Trinajstić information content (AvgIpc) is 3.00. The van der Waals surface area contributed by atoms with Gasteiger partial charge in [0.2, 0.25) is 0 Å². The largest absolute Gasteiger partial charge is 0.329 e. The Labute approximate surface area is 166 Å². The summed E-state index contributed by atoms with van der Waals surface area (Å²) in [4.78, 5) is 31.4. The molecular weight excluding hydrogens is 384 g/mol. The Morgan fingerprint density at radius 1 is 1.15 bits per heavy atom. The van der Waals surface area contributed by atoms with E-state index in [0.29, 0.717) is 22.7 Å². The number of rotatable bonds is 8. The third kappa shape index (κ3) is 4.47. The quantitative estimate of drug-likeness (QED) is 0.456. The number of thioether (sulfide) groups is 1. The summed E-state index contributed by atoms with van der Waals surface area (Å²) in [7, 11) is 1.62. The fourth-order valence-electron chi connectivity index (χ4n) is 2.94. The molecule has 144 valence electrons. The summed E-state index contributed by atoms with van der Waals surface area (Å²) in [5, 5.41) is 1.42. The van der Waals surface area contributed by atoms with Gasteiger partial charge in [-0.1, -0.05) is 61.7 Å². The van der Waals surface area contributed by atoms with Crippen LogP contribution in [0.2, 0.25) is 5.02 Å². The predicted octanol–water partition coefficient (Wildman–Crippen LogP) is 3.80. The van der Waals surface area contributed by atoms with Gasteiger partial charge in [-0.05, 0) is 24.1 Å². The van der Waals surface area contributed by atoms with Crippen LogP contribution in [0.25, 0.3) is 11.2 Å². The first-order valence-electron chi connectivity index (χ1n) is 9.08. The van der Waals surface area contributed by atoms with Gasteiger partial charge in [-0.3, -0.25) is 14.3 Å². The molecule has 0 saturated carbocycles. The van der Waals surface area contributed by atoms with E-state index in [0.717, 1.165) is 22.9 Å². The van der Waals surface area contributed by atoms with Crippen LogP contribution in [0.15, 0.2) is 39.0 Å². The van der Waals surface area contributed by atoms with Gasteiger partial charge < -0.3 is 4.57 Å². The van der Waals surface area contributed by atoms with E-state index in [4.69, 9.17) is 11.6 Å². The zero-order valence-electron chi connectivity index (χ0n) is 15.5. The average molecular weight is 407 g/mol. The molecule has 6 nitrogen and oxygen atoms in total. The van der Waals surface area contributed by atoms with E-state index in [9.17, 15) is 9.59 Å². The van der Waals surface area contributed by atoms with Gasteiger partial charge in [0, 0.05) is 17.8 Å². The summed E-state index contributed by atoms with van der Waals surface area (Å²) in [6.07, 6.45) is 4.69. The summed E-state index contributed by atoms with van der Waals surface area (Å²) in [6.45, 7) is 2.68. The second-order valence-electron chi connectivity index (χ2n) is 6.51. The third-order valence-electron chi connectivity index (χ3n) is 4.46. The van der Waals surface area contributed by atoms with Crippen LogP contribution in [0.4, 0.5) is 0 Å². The minimum atomic E-state index is -0.455. The van der Waals surface area contributed by atoms with E-state index < -0.39 is 11.2 Å². The van der Waals surface area contributed by atoms with Crippen molar-refractivity contribution in [3.05, 3.63) is 55.7 Å². The molecule has 1 N–H and O–H groups in total. The molecule has 0 amide bonds. The molecule has 0 fully saturated rings. The number of nitrogens with one attached hydrogen (secondary N) is 1. The van der Waals surface area contributed by atoms with Crippen LogP contribution < -0.4 is 11.2 Å². The molecule has 2 aromatic heterocycles. The maximum atomic E-state index is 12.5. The van der Waals surface area contributed by atoms with Crippen molar-refractivity contribution >= 4 is 34.5 Å². The Hall–Kier alpha value is -1.99. The van der Waals surface area contributed by atoms with Crippen LogP contribution in [0.5, 0.6) is 0 Å². The molecule has 3 rings (SSSR count). The monoisotopic (exact) mass is 406 g/mol. The van der Waals surface area contributed by atoms with Crippen LogP contribution in [-0.2, 0) is 13.6 Å². The third-order valence-corrected chi connectivity index (χ3v) is 5.77.